The lowest BCUT2D eigenvalue weighted by atomic mass is 10.6. The molecular weight excluding hydrogens is 156 g/mol. The molecule has 6 heteroatoms. The lowest BCUT2D eigenvalue weighted by Gasteiger charge is -2.08. The molecule has 0 aliphatic heterocycles. The predicted molar refractivity (Wildman–Crippen MR) is 50.6 cm³/mol. The molecule has 0 atom stereocenters. The number of hydrogen-bond donors (Lipinski definition) is 2. The van der Waals surface area contributed by atoms with Gasteiger partial charge in [0.15, 0.2) is 11.7 Å². The first-order valence-corrected chi connectivity index (χ1v) is 3.46. The average Bonchev–Trinajstić information content (AvgIpc) is 1.84. The standard InChI is InChI=1S/C6H16N6/c1-11(2)9-5(7)6(8)10-12(3)4/h1-4H3,(H2,7,9)(H2,8,10). The van der Waals surface area contributed by atoms with Gasteiger partial charge < -0.3 is 21.5 Å². The second-order valence-corrected chi connectivity index (χ2v) is 2.66. The molecule has 0 spiro atoms. The summed E-state index contributed by atoms with van der Waals surface area (Å²) in [4.78, 5) is 0. The monoisotopic (exact) mass is 172 g/mol. The highest BCUT2D eigenvalue weighted by Crippen LogP contribution is 1.80. The number of hydrazone groups is 2. The molecule has 0 unspecified atom stereocenters. The lowest BCUT2D eigenvalue weighted by Crippen LogP contribution is -2.34. The van der Waals surface area contributed by atoms with E-state index in [1.807, 2.05) is 0 Å². The van der Waals surface area contributed by atoms with E-state index in [1.54, 1.807) is 38.2 Å². The molecule has 0 amide bonds. The van der Waals surface area contributed by atoms with E-state index in [2.05, 4.69) is 10.2 Å². The van der Waals surface area contributed by atoms with Crippen LogP contribution in [0.3, 0.4) is 0 Å². The van der Waals surface area contributed by atoms with Crippen molar-refractivity contribution >= 4 is 11.7 Å². The van der Waals surface area contributed by atoms with E-state index >= 15 is 0 Å². The molecule has 0 rings (SSSR count). The summed E-state index contributed by atoms with van der Waals surface area (Å²) in [7, 11) is 7.04. The van der Waals surface area contributed by atoms with E-state index in [0.29, 0.717) is 0 Å². The molecule has 4 N–H and O–H groups in total. The number of rotatable bonds is 2. The first-order chi connectivity index (χ1) is 5.43. The number of nitrogens with zero attached hydrogens (tertiary/aromatic N) is 4. The lowest BCUT2D eigenvalue weighted by molar-refractivity contribution is 0.432. The van der Waals surface area contributed by atoms with Gasteiger partial charge in [0, 0.05) is 28.2 Å². The Hall–Kier alpha value is -1.46. The van der Waals surface area contributed by atoms with Gasteiger partial charge in [0.2, 0.25) is 0 Å². The summed E-state index contributed by atoms with van der Waals surface area (Å²) in [6, 6.07) is 0. The van der Waals surface area contributed by atoms with Gasteiger partial charge in [0.1, 0.15) is 0 Å². The molecule has 0 aromatic carbocycles. The van der Waals surface area contributed by atoms with Crippen LogP contribution in [0.25, 0.3) is 0 Å². The van der Waals surface area contributed by atoms with Crippen LogP contribution in [0, 0.1) is 0 Å². The van der Waals surface area contributed by atoms with Crippen LogP contribution in [0.5, 0.6) is 0 Å². The van der Waals surface area contributed by atoms with Crippen LogP contribution in [0.4, 0.5) is 0 Å². The third-order valence-corrected chi connectivity index (χ3v) is 0.878. The fourth-order valence-electron chi connectivity index (χ4n) is 0.533. The van der Waals surface area contributed by atoms with Crippen LogP contribution >= 0.6 is 0 Å². The molecular formula is C6H16N6. The van der Waals surface area contributed by atoms with Crippen molar-refractivity contribution in [1.29, 1.82) is 0 Å². The van der Waals surface area contributed by atoms with Crippen molar-refractivity contribution in [3.63, 3.8) is 0 Å². The van der Waals surface area contributed by atoms with Crippen molar-refractivity contribution in [3.8, 4) is 0 Å². The molecule has 0 saturated carbocycles. The number of hydrogen-bond acceptors (Lipinski definition) is 4. The van der Waals surface area contributed by atoms with E-state index in [-0.39, 0.29) is 11.7 Å². The molecule has 0 heterocycles. The molecule has 0 aromatic heterocycles. The van der Waals surface area contributed by atoms with E-state index in [4.69, 9.17) is 11.5 Å². The Bertz CT molecular complexity index is 170. The summed E-state index contributed by atoms with van der Waals surface area (Å²) in [6.45, 7) is 0. The Kier molecular flexibility index (Phi) is 3.89. The van der Waals surface area contributed by atoms with Crippen LogP contribution in [-0.4, -0.2) is 49.9 Å². The first kappa shape index (κ1) is 10.5. The third kappa shape index (κ3) is 4.37. The maximum Gasteiger partial charge on any atom is 0.187 e. The summed E-state index contributed by atoms with van der Waals surface area (Å²) < 4.78 is 0. The van der Waals surface area contributed by atoms with Crippen LogP contribution < -0.4 is 11.5 Å². The van der Waals surface area contributed by atoms with Gasteiger partial charge in [-0.05, 0) is 0 Å². The van der Waals surface area contributed by atoms with Gasteiger partial charge in [0.25, 0.3) is 0 Å². The van der Waals surface area contributed by atoms with E-state index in [1.165, 1.54) is 0 Å². The Labute approximate surface area is 72.5 Å². The van der Waals surface area contributed by atoms with Crippen LogP contribution in [-0.2, 0) is 0 Å². The number of nitrogens with two attached hydrogens (primary N) is 2. The molecule has 0 saturated heterocycles. The van der Waals surface area contributed by atoms with Crippen LogP contribution in [0.15, 0.2) is 10.2 Å². The minimum absolute atomic E-state index is 0.216. The fraction of sp³-hybridized carbons (Fsp3) is 0.667. The molecule has 70 valence electrons. The summed E-state index contributed by atoms with van der Waals surface area (Å²) in [5.74, 6) is 0.433. The predicted octanol–water partition coefficient (Wildman–Crippen LogP) is -1.35. The van der Waals surface area contributed by atoms with Crippen LogP contribution in [0.2, 0.25) is 0 Å². The zero-order chi connectivity index (χ0) is 9.72. The second kappa shape index (κ2) is 4.42. The zero-order valence-electron chi connectivity index (χ0n) is 7.94. The SMILES string of the molecule is CN(C)/N=C(N)/C(N)=N/N(C)C. The molecule has 0 aliphatic rings. The van der Waals surface area contributed by atoms with E-state index < -0.39 is 0 Å². The summed E-state index contributed by atoms with van der Waals surface area (Å²) in [6.07, 6.45) is 0. The highest BCUT2D eigenvalue weighted by Gasteiger charge is 1.99. The molecule has 0 aliphatic carbocycles. The van der Waals surface area contributed by atoms with Crippen molar-refractivity contribution in [3.05, 3.63) is 0 Å². The molecule has 6 nitrogen and oxygen atoms in total. The topological polar surface area (TPSA) is 83.2 Å². The maximum atomic E-state index is 5.49. The molecule has 0 bridgehead atoms. The second-order valence-electron chi connectivity index (χ2n) is 2.66. The number of amidine groups is 2. The molecule has 12 heavy (non-hydrogen) atoms. The largest absolute Gasteiger partial charge is 0.379 e. The Morgan fingerprint density at radius 2 is 1.08 bits per heavy atom. The van der Waals surface area contributed by atoms with Gasteiger partial charge >= 0.3 is 0 Å². The summed E-state index contributed by atoms with van der Waals surface area (Å²) >= 11 is 0. The average molecular weight is 172 g/mol. The fourth-order valence-corrected chi connectivity index (χ4v) is 0.533. The van der Waals surface area contributed by atoms with Crippen molar-refractivity contribution in [1.82, 2.24) is 10.0 Å². The van der Waals surface area contributed by atoms with E-state index in [0.717, 1.165) is 0 Å². The highest BCUT2D eigenvalue weighted by atomic mass is 15.5. The van der Waals surface area contributed by atoms with E-state index in [9.17, 15) is 0 Å². The third-order valence-electron chi connectivity index (χ3n) is 0.878. The highest BCUT2D eigenvalue weighted by molar-refractivity contribution is 6.39. The minimum atomic E-state index is 0.216. The zero-order valence-corrected chi connectivity index (χ0v) is 7.94. The Morgan fingerprint density at radius 3 is 1.25 bits per heavy atom. The van der Waals surface area contributed by atoms with Crippen molar-refractivity contribution in [2.24, 2.45) is 21.7 Å². The van der Waals surface area contributed by atoms with Gasteiger partial charge in [-0.15, -0.1) is 0 Å². The Balaban J connectivity index is 4.38. The van der Waals surface area contributed by atoms with Crippen LogP contribution in [0.1, 0.15) is 0 Å². The Morgan fingerprint density at radius 1 is 0.833 bits per heavy atom. The van der Waals surface area contributed by atoms with Gasteiger partial charge in [0.05, 0.1) is 0 Å². The van der Waals surface area contributed by atoms with Gasteiger partial charge in [-0.3, -0.25) is 0 Å². The molecule has 0 aromatic rings. The first-order valence-electron chi connectivity index (χ1n) is 3.46. The van der Waals surface area contributed by atoms with Gasteiger partial charge in [-0.2, -0.15) is 10.2 Å². The summed E-state index contributed by atoms with van der Waals surface area (Å²) in [5.41, 5.74) is 11.0. The minimum Gasteiger partial charge on any atom is -0.379 e. The smallest absolute Gasteiger partial charge is 0.187 e. The van der Waals surface area contributed by atoms with Crippen molar-refractivity contribution < 1.29 is 0 Å². The quantitative estimate of drug-likeness (QED) is 0.306. The van der Waals surface area contributed by atoms with Crippen molar-refractivity contribution in [2.45, 2.75) is 0 Å². The van der Waals surface area contributed by atoms with Gasteiger partial charge in [-0.25, -0.2) is 0 Å². The van der Waals surface area contributed by atoms with Gasteiger partial charge in [-0.1, -0.05) is 0 Å². The van der Waals surface area contributed by atoms with Crippen molar-refractivity contribution in [2.75, 3.05) is 28.2 Å². The maximum absolute atomic E-state index is 5.49. The normalized spacial score (nSPS) is 13.0. The molecule has 0 fully saturated rings. The summed E-state index contributed by atoms with van der Waals surface area (Å²) in [5, 5.41) is 10.9. The molecule has 0 radical (unpaired) electrons.